The van der Waals surface area contributed by atoms with Gasteiger partial charge in [0.25, 0.3) is 5.91 Å². The third kappa shape index (κ3) is 4.83. The van der Waals surface area contributed by atoms with Gasteiger partial charge in [0, 0.05) is 17.2 Å². The van der Waals surface area contributed by atoms with Gasteiger partial charge in [0.15, 0.2) is 5.76 Å². The minimum absolute atomic E-state index is 0.0887. The molecular weight excluding hydrogens is 405 g/mol. The molecule has 4 nitrogen and oxygen atoms in total. The Balaban J connectivity index is 1.38. The molecule has 1 amide bonds. The molecule has 0 aliphatic carbocycles. The van der Waals surface area contributed by atoms with Crippen LogP contribution in [0.1, 0.15) is 21.6 Å². The zero-order valence-electron chi connectivity index (χ0n) is 16.2. The van der Waals surface area contributed by atoms with Gasteiger partial charge in [0.05, 0.1) is 12.1 Å². The van der Waals surface area contributed by atoms with Crippen LogP contribution in [0.2, 0.25) is 0 Å². The first-order valence-electron chi connectivity index (χ1n) is 9.47. The molecule has 0 spiro atoms. The van der Waals surface area contributed by atoms with Gasteiger partial charge in [-0.05, 0) is 35.4 Å². The zero-order chi connectivity index (χ0) is 21.8. The van der Waals surface area contributed by atoms with Crippen LogP contribution >= 0.6 is 0 Å². The molecule has 3 aromatic carbocycles. The molecular formula is C24H17F3N2O2. The van der Waals surface area contributed by atoms with E-state index in [-0.39, 0.29) is 12.1 Å². The fourth-order valence-electron chi connectivity index (χ4n) is 3.07. The van der Waals surface area contributed by atoms with Crippen LogP contribution in [0.3, 0.4) is 0 Å². The molecule has 0 radical (unpaired) electrons. The highest BCUT2D eigenvalue weighted by Gasteiger charge is 2.30. The highest BCUT2D eigenvalue weighted by molar-refractivity contribution is 5.94. The molecule has 0 saturated heterocycles. The van der Waals surface area contributed by atoms with Gasteiger partial charge in [-0.25, -0.2) is 0 Å². The smallest absolute Gasteiger partial charge is 0.356 e. The summed E-state index contributed by atoms with van der Waals surface area (Å²) in [6.45, 7) is 0.0887. The van der Waals surface area contributed by atoms with Gasteiger partial charge < -0.3 is 9.84 Å². The van der Waals surface area contributed by atoms with E-state index in [9.17, 15) is 18.0 Å². The molecule has 0 aliphatic rings. The summed E-state index contributed by atoms with van der Waals surface area (Å²) in [5, 5.41) is 6.57. The van der Waals surface area contributed by atoms with Crippen LogP contribution in [0.5, 0.6) is 0 Å². The number of rotatable bonds is 5. The Morgan fingerprint density at radius 2 is 1.45 bits per heavy atom. The topological polar surface area (TPSA) is 55.1 Å². The van der Waals surface area contributed by atoms with Crippen LogP contribution in [0.4, 0.5) is 13.2 Å². The third-order valence-corrected chi connectivity index (χ3v) is 4.74. The van der Waals surface area contributed by atoms with E-state index in [0.29, 0.717) is 11.5 Å². The van der Waals surface area contributed by atoms with Gasteiger partial charge in [-0.15, -0.1) is 0 Å². The number of benzene rings is 3. The molecule has 0 fully saturated rings. The second kappa shape index (κ2) is 8.47. The molecule has 1 N–H and O–H groups in total. The van der Waals surface area contributed by atoms with Crippen molar-refractivity contribution < 1.29 is 22.5 Å². The van der Waals surface area contributed by atoms with E-state index in [4.69, 9.17) is 4.52 Å². The predicted octanol–water partition coefficient (Wildman–Crippen LogP) is 5.96. The minimum Gasteiger partial charge on any atom is -0.356 e. The van der Waals surface area contributed by atoms with Crippen molar-refractivity contribution in [2.24, 2.45) is 0 Å². The van der Waals surface area contributed by atoms with Crippen molar-refractivity contribution in [2.75, 3.05) is 0 Å². The van der Waals surface area contributed by atoms with Gasteiger partial charge >= 0.3 is 6.18 Å². The first-order valence-corrected chi connectivity index (χ1v) is 9.47. The Hall–Kier alpha value is -3.87. The van der Waals surface area contributed by atoms with Crippen molar-refractivity contribution in [3.05, 3.63) is 102 Å². The van der Waals surface area contributed by atoms with Gasteiger partial charge in [-0.1, -0.05) is 59.8 Å². The molecule has 1 heterocycles. The number of nitrogens with one attached hydrogen (secondary N) is 1. The van der Waals surface area contributed by atoms with Crippen LogP contribution < -0.4 is 5.32 Å². The molecule has 0 saturated carbocycles. The lowest BCUT2D eigenvalue weighted by atomic mass is 10.0. The molecule has 4 rings (SSSR count). The largest absolute Gasteiger partial charge is 0.416 e. The van der Waals surface area contributed by atoms with E-state index in [2.05, 4.69) is 10.5 Å². The molecule has 0 unspecified atom stereocenters. The summed E-state index contributed by atoms with van der Waals surface area (Å²) < 4.78 is 43.2. The first kappa shape index (κ1) is 20.4. The number of halogens is 3. The number of carbonyl (C=O) groups is 1. The number of aromatic nitrogens is 1. The standard InChI is InChI=1S/C24H17F3N2O2/c25-24(26,27)20-12-10-19(11-13-20)23(30)28-15-21-14-22(31-29-21)18-8-6-17(7-9-18)16-4-2-1-3-5-16/h1-14H,15H2,(H,28,30). The Labute approximate surface area is 176 Å². The van der Waals surface area contributed by atoms with Crippen LogP contribution in [0.15, 0.2) is 89.5 Å². The average Bonchev–Trinajstić information content (AvgIpc) is 3.27. The molecule has 4 aromatic rings. The SMILES string of the molecule is O=C(NCc1cc(-c2ccc(-c3ccccc3)cc2)on1)c1ccc(C(F)(F)F)cc1. The summed E-state index contributed by atoms with van der Waals surface area (Å²) in [6.07, 6.45) is -4.44. The number of amides is 1. The number of hydrogen-bond donors (Lipinski definition) is 1. The van der Waals surface area contributed by atoms with E-state index in [1.165, 1.54) is 0 Å². The van der Waals surface area contributed by atoms with E-state index >= 15 is 0 Å². The maximum absolute atomic E-state index is 12.6. The van der Waals surface area contributed by atoms with Crippen molar-refractivity contribution in [2.45, 2.75) is 12.7 Å². The Morgan fingerprint density at radius 1 is 0.839 bits per heavy atom. The number of nitrogens with zero attached hydrogens (tertiary/aromatic N) is 1. The van der Waals surface area contributed by atoms with Gasteiger partial charge in [-0.3, -0.25) is 4.79 Å². The van der Waals surface area contributed by atoms with E-state index in [1.54, 1.807) is 6.07 Å². The molecule has 156 valence electrons. The lowest BCUT2D eigenvalue weighted by Crippen LogP contribution is -2.23. The lowest BCUT2D eigenvalue weighted by Gasteiger charge is -2.07. The molecule has 7 heteroatoms. The van der Waals surface area contributed by atoms with Crippen molar-refractivity contribution in [1.82, 2.24) is 10.5 Å². The Morgan fingerprint density at radius 3 is 2.10 bits per heavy atom. The molecule has 1 aromatic heterocycles. The van der Waals surface area contributed by atoms with Crippen molar-refractivity contribution >= 4 is 5.91 Å². The van der Waals surface area contributed by atoms with Crippen molar-refractivity contribution in [3.8, 4) is 22.5 Å². The zero-order valence-corrected chi connectivity index (χ0v) is 16.2. The quantitative estimate of drug-likeness (QED) is 0.432. The van der Waals surface area contributed by atoms with Gasteiger partial charge in [0.2, 0.25) is 0 Å². The fourth-order valence-corrected chi connectivity index (χ4v) is 3.07. The maximum atomic E-state index is 12.6. The summed E-state index contributed by atoms with van der Waals surface area (Å²) in [5.41, 5.74) is 2.86. The van der Waals surface area contributed by atoms with Crippen molar-refractivity contribution in [3.63, 3.8) is 0 Å². The number of hydrogen-bond acceptors (Lipinski definition) is 3. The maximum Gasteiger partial charge on any atom is 0.416 e. The lowest BCUT2D eigenvalue weighted by molar-refractivity contribution is -0.137. The first-order chi connectivity index (χ1) is 14.9. The summed E-state index contributed by atoms with van der Waals surface area (Å²) in [4.78, 5) is 12.2. The summed E-state index contributed by atoms with van der Waals surface area (Å²) >= 11 is 0. The van der Waals surface area contributed by atoms with Crippen LogP contribution in [-0.4, -0.2) is 11.1 Å². The molecule has 31 heavy (non-hydrogen) atoms. The van der Waals surface area contributed by atoms with Crippen molar-refractivity contribution in [1.29, 1.82) is 0 Å². The Kier molecular flexibility index (Phi) is 5.58. The van der Waals surface area contributed by atoms with Gasteiger partial charge in [-0.2, -0.15) is 13.2 Å². The van der Waals surface area contributed by atoms with Crippen LogP contribution in [0.25, 0.3) is 22.5 Å². The van der Waals surface area contributed by atoms with Gasteiger partial charge in [0.1, 0.15) is 5.69 Å². The summed E-state index contributed by atoms with van der Waals surface area (Å²) in [5.74, 6) is 0.0591. The Bertz CT molecular complexity index is 1170. The number of carbonyl (C=O) groups excluding carboxylic acids is 1. The third-order valence-electron chi connectivity index (χ3n) is 4.74. The minimum atomic E-state index is -4.44. The average molecular weight is 422 g/mol. The second-order valence-electron chi connectivity index (χ2n) is 6.88. The van der Waals surface area contributed by atoms with Crippen LogP contribution in [-0.2, 0) is 12.7 Å². The normalized spacial score (nSPS) is 11.3. The summed E-state index contributed by atoms with van der Waals surface area (Å²) in [7, 11) is 0. The predicted molar refractivity (Wildman–Crippen MR) is 110 cm³/mol. The molecule has 0 bridgehead atoms. The molecule has 0 atom stereocenters. The van der Waals surface area contributed by atoms with E-state index in [0.717, 1.165) is 41.0 Å². The van der Waals surface area contributed by atoms with E-state index in [1.807, 2.05) is 54.6 Å². The molecule has 0 aliphatic heterocycles. The second-order valence-corrected chi connectivity index (χ2v) is 6.88. The monoisotopic (exact) mass is 422 g/mol. The summed E-state index contributed by atoms with van der Waals surface area (Å²) in [6, 6.07) is 23.5. The van der Waals surface area contributed by atoms with Crippen LogP contribution in [0, 0.1) is 0 Å². The highest BCUT2D eigenvalue weighted by atomic mass is 19.4. The fraction of sp³-hybridized carbons (Fsp3) is 0.0833. The highest BCUT2D eigenvalue weighted by Crippen LogP contribution is 2.29. The number of alkyl halides is 3. The van der Waals surface area contributed by atoms with E-state index < -0.39 is 17.6 Å².